The maximum atomic E-state index is 13.2. The van der Waals surface area contributed by atoms with Gasteiger partial charge in [-0.3, -0.25) is 9.59 Å². The Morgan fingerprint density at radius 2 is 1.84 bits per heavy atom. The SMILES string of the molecule is CCCCN1C[C@@H](C(=O)OC(C)(C)C)N(C(=O)[C@H](C)CSC(=O)c2ccccc2)C1=O. The van der Waals surface area contributed by atoms with Crippen LogP contribution in [0.2, 0.25) is 0 Å². The van der Waals surface area contributed by atoms with Gasteiger partial charge in [0.25, 0.3) is 0 Å². The maximum absolute atomic E-state index is 13.2. The third-order valence-corrected chi connectivity index (χ3v) is 5.94. The molecule has 0 saturated carbocycles. The molecule has 1 aromatic carbocycles. The molecular formula is C23H32N2O5S. The average molecular weight is 449 g/mol. The lowest BCUT2D eigenvalue weighted by atomic mass is 10.1. The Balaban J connectivity index is 2.11. The van der Waals surface area contributed by atoms with Gasteiger partial charge in [-0.1, -0.05) is 62.4 Å². The second-order valence-corrected chi connectivity index (χ2v) is 9.70. The molecule has 1 saturated heterocycles. The number of unbranched alkanes of at least 4 members (excludes halogenated alkanes) is 1. The van der Waals surface area contributed by atoms with Gasteiger partial charge in [-0.15, -0.1) is 0 Å². The minimum Gasteiger partial charge on any atom is -0.458 e. The van der Waals surface area contributed by atoms with Crippen LogP contribution in [0.3, 0.4) is 0 Å². The molecule has 0 aromatic heterocycles. The number of urea groups is 1. The molecule has 7 nitrogen and oxygen atoms in total. The molecule has 31 heavy (non-hydrogen) atoms. The highest BCUT2D eigenvalue weighted by Gasteiger charge is 2.47. The first kappa shape index (κ1) is 24.9. The van der Waals surface area contributed by atoms with Crippen LogP contribution in [-0.2, 0) is 14.3 Å². The fourth-order valence-electron chi connectivity index (χ4n) is 3.15. The van der Waals surface area contributed by atoms with Crippen LogP contribution in [0.15, 0.2) is 30.3 Å². The van der Waals surface area contributed by atoms with Crippen molar-refractivity contribution in [2.24, 2.45) is 5.92 Å². The zero-order valence-corrected chi connectivity index (χ0v) is 19.7. The highest BCUT2D eigenvalue weighted by Crippen LogP contribution is 2.25. The molecule has 0 bridgehead atoms. The van der Waals surface area contributed by atoms with Gasteiger partial charge in [0.2, 0.25) is 11.0 Å². The van der Waals surface area contributed by atoms with Gasteiger partial charge >= 0.3 is 12.0 Å². The smallest absolute Gasteiger partial charge is 0.331 e. The van der Waals surface area contributed by atoms with Gasteiger partial charge in [0.05, 0.1) is 6.54 Å². The summed E-state index contributed by atoms with van der Waals surface area (Å²) in [5.74, 6) is -1.45. The zero-order valence-electron chi connectivity index (χ0n) is 18.9. The quantitative estimate of drug-likeness (QED) is 0.560. The van der Waals surface area contributed by atoms with Crippen molar-refractivity contribution in [1.29, 1.82) is 0 Å². The fraction of sp³-hybridized carbons (Fsp3) is 0.565. The summed E-state index contributed by atoms with van der Waals surface area (Å²) in [6.45, 7) is 9.53. The van der Waals surface area contributed by atoms with Gasteiger partial charge in [-0.25, -0.2) is 14.5 Å². The number of esters is 1. The minimum atomic E-state index is -0.978. The highest BCUT2D eigenvalue weighted by molar-refractivity contribution is 8.14. The van der Waals surface area contributed by atoms with Gasteiger partial charge in [0, 0.05) is 23.8 Å². The van der Waals surface area contributed by atoms with E-state index < -0.39 is 35.5 Å². The minimum absolute atomic E-state index is 0.127. The Labute approximate surface area is 188 Å². The average Bonchev–Trinajstić information content (AvgIpc) is 3.05. The van der Waals surface area contributed by atoms with Crippen LogP contribution in [0.5, 0.6) is 0 Å². The molecular weight excluding hydrogens is 416 g/mol. The van der Waals surface area contributed by atoms with Crippen LogP contribution in [0.1, 0.15) is 57.8 Å². The monoisotopic (exact) mass is 448 g/mol. The predicted octanol–water partition coefficient (Wildman–Crippen LogP) is 3.97. The number of carbonyl (C=O) groups excluding carboxylic acids is 4. The Hall–Kier alpha value is -2.35. The Morgan fingerprint density at radius 3 is 2.42 bits per heavy atom. The molecule has 1 aliphatic rings. The van der Waals surface area contributed by atoms with E-state index in [0.29, 0.717) is 12.1 Å². The summed E-state index contributed by atoms with van der Waals surface area (Å²) in [7, 11) is 0. The number of hydrogen-bond acceptors (Lipinski definition) is 6. The van der Waals surface area contributed by atoms with Crippen molar-refractivity contribution < 1.29 is 23.9 Å². The van der Waals surface area contributed by atoms with Crippen molar-refractivity contribution in [2.75, 3.05) is 18.8 Å². The Bertz CT molecular complexity index is 806. The number of thioether (sulfide) groups is 1. The van der Waals surface area contributed by atoms with E-state index in [0.717, 1.165) is 29.5 Å². The summed E-state index contributed by atoms with van der Waals surface area (Å²) >= 11 is 1.03. The second kappa shape index (κ2) is 10.8. The summed E-state index contributed by atoms with van der Waals surface area (Å²) in [6, 6.07) is 7.37. The van der Waals surface area contributed by atoms with Gasteiger partial charge in [-0.05, 0) is 27.2 Å². The molecule has 1 fully saturated rings. The molecule has 0 N–H and O–H groups in total. The highest BCUT2D eigenvalue weighted by atomic mass is 32.2. The maximum Gasteiger partial charge on any atom is 0.331 e. The van der Waals surface area contributed by atoms with E-state index in [9.17, 15) is 19.2 Å². The molecule has 2 atom stereocenters. The van der Waals surface area contributed by atoms with E-state index in [-0.39, 0.29) is 17.4 Å². The fourth-order valence-corrected chi connectivity index (χ4v) is 4.00. The van der Waals surface area contributed by atoms with E-state index in [1.54, 1.807) is 52.0 Å². The first-order valence-electron chi connectivity index (χ1n) is 10.6. The number of imide groups is 1. The van der Waals surface area contributed by atoms with Crippen LogP contribution < -0.4 is 0 Å². The van der Waals surface area contributed by atoms with Crippen molar-refractivity contribution in [3.8, 4) is 0 Å². The largest absolute Gasteiger partial charge is 0.458 e. The lowest BCUT2D eigenvalue weighted by Crippen LogP contribution is -2.48. The van der Waals surface area contributed by atoms with E-state index in [2.05, 4.69) is 0 Å². The van der Waals surface area contributed by atoms with Crippen LogP contribution in [0, 0.1) is 5.92 Å². The number of amides is 3. The molecule has 0 spiro atoms. The molecule has 2 rings (SSSR count). The predicted molar refractivity (Wildman–Crippen MR) is 121 cm³/mol. The molecule has 8 heteroatoms. The van der Waals surface area contributed by atoms with Crippen LogP contribution >= 0.6 is 11.8 Å². The summed E-state index contributed by atoms with van der Waals surface area (Å²) in [6.07, 6.45) is 1.68. The van der Waals surface area contributed by atoms with Gasteiger partial charge in [-0.2, -0.15) is 0 Å². The van der Waals surface area contributed by atoms with E-state index in [1.165, 1.54) is 4.90 Å². The van der Waals surface area contributed by atoms with Gasteiger partial charge < -0.3 is 9.64 Å². The summed E-state index contributed by atoms with van der Waals surface area (Å²) in [5, 5.41) is -0.138. The Morgan fingerprint density at radius 1 is 1.19 bits per heavy atom. The molecule has 1 aliphatic heterocycles. The lowest BCUT2D eigenvalue weighted by molar-refractivity contribution is -0.162. The standard InChI is InChI=1S/C23H32N2O5S/c1-6-7-13-24-14-18(20(27)30-23(3,4)5)25(22(24)29)19(26)16(2)15-31-21(28)17-11-9-8-10-12-17/h8-12,16,18H,6-7,13-15H2,1-5H3/t16-,18+/m1/s1. The number of hydrogen-bond donors (Lipinski definition) is 0. The number of carbonyl (C=O) groups is 4. The van der Waals surface area contributed by atoms with Gasteiger partial charge in [0.1, 0.15) is 5.60 Å². The summed E-state index contributed by atoms with van der Waals surface area (Å²) < 4.78 is 5.47. The van der Waals surface area contributed by atoms with Crippen LogP contribution in [0.4, 0.5) is 4.79 Å². The summed E-state index contributed by atoms with van der Waals surface area (Å²) in [4.78, 5) is 53.8. The first-order valence-corrected chi connectivity index (χ1v) is 11.6. The van der Waals surface area contributed by atoms with Gasteiger partial charge in [0.15, 0.2) is 6.04 Å². The van der Waals surface area contributed by atoms with E-state index >= 15 is 0 Å². The number of rotatable bonds is 8. The van der Waals surface area contributed by atoms with Crippen molar-refractivity contribution in [1.82, 2.24) is 9.80 Å². The van der Waals surface area contributed by atoms with E-state index in [4.69, 9.17) is 4.74 Å². The van der Waals surface area contributed by atoms with Crippen molar-refractivity contribution in [2.45, 2.75) is 59.1 Å². The topological polar surface area (TPSA) is 84.0 Å². The number of nitrogens with zero attached hydrogens (tertiary/aromatic N) is 2. The lowest BCUT2D eigenvalue weighted by Gasteiger charge is -2.26. The molecule has 3 amide bonds. The molecule has 1 aromatic rings. The van der Waals surface area contributed by atoms with Crippen LogP contribution in [0.25, 0.3) is 0 Å². The third kappa shape index (κ3) is 6.82. The molecule has 1 heterocycles. The van der Waals surface area contributed by atoms with Crippen molar-refractivity contribution >= 4 is 34.8 Å². The van der Waals surface area contributed by atoms with Crippen molar-refractivity contribution in [3.05, 3.63) is 35.9 Å². The molecule has 0 unspecified atom stereocenters. The number of benzene rings is 1. The van der Waals surface area contributed by atoms with Crippen molar-refractivity contribution in [3.63, 3.8) is 0 Å². The third-order valence-electron chi connectivity index (χ3n) is 4.77. The molecule has 0 aliphatic carbocycles. The van der Waals surface area contributed by atoms with Crippen LogP contribution in [-0.4, -0.2) is 63.3 Å². The zero-order chi connectivity index (χ0) is 23.2. The normalized spacial score (nSPS) is 17.6. The second-order valence-electron chi connectivity index (χ2n) is 8.71. The van der Waals surface area contributed by atoms with E-state index in [1.807, 2.05) is 13.0 Å². The Kier molecular flexibility index (Phi) is 8.68. The molecule has 170 valence electrons. The summed E-state index contributed by atoms with van der Waals surface area (Å²) in [5.41, 5.74) is -0.170. The first-order chi connectivity index (χ1) is 14.5. The number of ether oxygens (including phenoxy) is 1. The molecule has 0 radical (unpaired) electrons.